The minimum absolute atomic E-state index is 0.183. The van der Waals surface area contributed by atoms with Crippen LogP contribution in [0.15, 0.2) is 22.1 Å². The highest BCUT2D eigenvalue weighted by atomic mass is 32.2. The molecule has 0 aliphatic rings. The molecule has 5 nitrogen and oxygen atoms in total. The summed E-state index contributed by atoms with van der Waals surface area (Å²) in [5, 5.41) is 3.75. The van der Waals surface area contributed by atoms with Crippen molar-refractivity contribution in [3.05, 3.63) is 12.5 Å². The van der Waals surface area contributed by atoms with Crippen molar-refractivity contribution < 1.29 is 13.9 Å². The van der Waals surface area contributed by atoms with E-state index >= 15 is 0 Å². The lowest BCUT2D eigenvalue weighted by molar-refractivity contribution is -0.150. The number of ether oxygens (including phenoxy) is 1. The molecule has 0 aromatic carbocycles. The van der Waals surface area contributed by atoms with E-state index in [9.17, 15) is 4.79 Å². The lowest BCUT2D eigenvalue weighted by atomic mass is 9.95. The first-order chi connectivity index (χ1) is 9.12. The Morgan fingerprint density at radius 1 is 1.58 bits per heavy atom. The Bertz CT molecular complexity index is 370. The molecule has 19 heavy (non-hydrogen) atoms. The highest BCUT2D eigenvalue weighted by molar-refractivity contribution is 7.99. The van der Waals surface area contributed by atoms with E-state index in [4.69, 9.17) is 9.15 Å². The third-order valence-corrected chi connectivity index (χ3v) is 3.93. The van der Waals surface area contributed by atoms with Gasteiger partial charge < -0.3 is 14.5 Å². The zero-order chi connectivity index (χ0) is 14.1. The van der Waals surface area contributed by atoms with Crippen molar-refractivity contribution in [1.29, 1.82) is 0 Å². The predicted octanol–water partition coefficient (Wildman–Crippen LogP) is 2.48. The van der Waals surface area contributed by atoms with Crippen molar-refractivity contribution in [1.82, 2.24) is 10.3 Å². The number of rotatable bonds is 9. The summed E-state index contributed by atoms with van der Waals surface area (Å²) in [5.41, 5.74) is -0.594. The van der Waals surface area contributed by atoms with Crippen LogP contribution in [0.25, 0.3) is 0 Å². The van der Waals surface area contributed by atoms with Crippen molar-refractivity contribution >= 4 is 17.7 Å². The standard InChI is InChI=1S/C13H22N2O3S/c1-4-17-11(16)13(2,14-3)7-5-6-10-19-12-15-8-9-18-12/h8-9,14H,4-7,10H2,1-3H3. The van der Waals surface area contributed by atoms with E-state index in [1.165, 1.54) is 0 Å². The molecule has 1 aromatic heterocycles. The highest BCUT2D eigenvalue weighted by Crippen LogP contribution is 2.20. The van der Waals surface area contributed by atoms with Crippen LogP contribution in [0.5, 0.6) is 0 Å². The maximum absolute atomic E-state index is 11.8. The molecule has 108 valence electrons. The maximum atomic E-state index is 11.8. The third-order valence-electron chi connectivity index (χ3n) is 2.98. The first-order valence-electron chi connectivity index (χ1n) is 6.51. The van der Waals surface area contributed by atoms with Gasteiger partial charge in [0.15, 0.2) is 0 Å². The number of aromatic nitrogens is 1. The number of unbranched alkanes of at least 4 members (excludes halogenated alkanes) is 1. The number of likely N-dealkylation sites (N-methyl/N-ethyl adjacent to an activating group) is 1. The van der Waals surface area contributed by atoms with Gasteiger partial charge in [0, 0.05) is 5.75 Å². The SMILES string of the molecule is CCOC(=O)C(C)(CCCCSc1ncco1)NC. The number of thioether (sulfide) groups is 1. The van der Waals surface area contributed by atoms with Gasteiger partial charge in [0.25, 0.3) is 5.22 Å². The summed E-state index contributed by atoms with van der Waals surface area (Å²) < 4.78 is 10.2. The minimum atomic E-state index is -0.594. The van der Waals surface area contributed by atoms with Crippen LogP contribution in [0.1, 0.15) is 33.1 Å². The Hall–Kier alpha value is -1.01. The summed E-state index contributed by atoms with van der Waals surface area (Å²) in [5.74, 6) is 0.751. The molecule has 0 saturated carbocycles. The second-order valence-electron chi connectivity index (χ2n) is 4.41. The van der Waals surface area contributed by atoms with Gasteiger partial charge in [-0.05, 0) is 33.7 Å². The van der Waals surface area contributed by atoms with E-state index in [-0.39, 0.29) is 5.97 Å². The van der Waals surface area contributed by atoms with E-state index < -0.39 is 5.54 Å². The molecule has 6 heteroatoms. The summed E-state index contributed by atoms with van der Waals surface area (Å²) in [4.78, 5) is 15.9. The number of nitrogens with one attached hydrogen (secondary N) is 1. The van der Waals surface area contributed by atoms with Crippen molar-refractivity contribution in [3.63, 3.8) is 0 Å². The highest BCUT2D eigenvalue weighted by Gasteiger charge is 2.32. The molecule has 1 N–H and O–H groups in total. The molecule has 0 saturated heterocycles. The Kier molecular flexibility index (Phi) is 6.94. The van der Waals surface area contributed by atoms with Gasteiger partial charge in [-0.25, -0.2) is 4.98 Å². The molecule has 1 aromatic rings. The first-order valence-corrected chi connectivity index (χ1v) is 7.49. The average molecular weight is 286 g/mol. The third kappa shape index (κ3) is 5.24. The molecule has 0 amide bonds. The Morgan fingerprint density at radius 3 is 2.95 bits per heavy atom. The van der Waals surface area contributed by atoms with E-state index in [0.29, 0.717) is 11.8 Å². The topological polar surface area (TPSA) is 64.4 Å². The Balaban J connectivity index is 2.23. The van der Waals surface area contributed by atoms with Gasteiger partial charge in [-0.1, -0.05) is 18.2 Å². The number of oxazole rings is 1. The molecule has 0 bridgehead atoms. The van der Waals surface area contributed by atoms with Gasteiger partial charge in [-0.15, -0.1) is 0 Å². The number of hydrogen-bond donors (Lipinski definition) is 1. The Labute approximate surface area is 118 Å². The summed E-state index contributed by atoms with van der Waals surface area (Å²) in [6, 6.07) is 0. The second kappa shape index (κ2) is 8.22. The molecule has 1 unspecified atom stereocenters. The quantitative estimate of drug-likeness (QED) is 0.427. The lowest BCUT2D eigenvalue weighted by Crippen LogP contribution is -2.48. The van der Waals surface area contributed by atoms with E-state index in [0.717, 1.165) is 25.0 Å². The summed E-state index contributed by atoms with van der Waals surface area (Å²) in [7, 11) is 1.79. The molecule has 1 atom stereocenters. The van der Waals surface area contributed by atoms with Crippen LogP contribution in [0.3, 0.4) is 0 Å². The van der Waals surface area contributed by atoms with Gasteiger partial charge in [-0.2, -0.15) is 0 Å². The zero-order valence-electron chi connectivity index (χ0n) is 11.8. The number of carbonyl (C=O) groups is 1. The van der Waals surface area contributed by atoms with Gasteiger partial charge in [0.1, 0.15) is 11.8 Å². The molecule has 0 spiro atoms. The second-order valence-corrected chi connectivity index (χ2v) is 5.45. The zero-order valence-corrected chi connectivity index (χ0v) is 12.6. The van der Waals surface area contributed by atoms with Crippen LogP contribution >= 0.6 is 11.8 Å². The predicted molar refractivity (Wildman–Crippen MR) is 75.2 cm³/mol. The van der Waals surface area contributed by atoms with Crippen LogP contribution in [-0.4, -0.2) is 35.9 Å². The van der Waals surface area contributed by atoms with Crippen LogP contribution in [-0.2, 0) is 9.53 Å². The fourth-order valence-corrected chi connectivity index (χ4v) is 2.42. The van der Waals surface area contributed by atoms with Crippen LogP contribution in [0, 0.1) is 0 Å². The lowest BCUT2D eigenvalue weighted by Gasteiger charge is -2.26. The molecular formula is C13H22N2O3S. The van der Waals surface area contributed by atoms with Crippen molar-refractivity contribution in [2.24, 2.45) is 0 Å². The first kappa shape index (κ1) is 16.0. The average Bonchev–Trinajstić information content (AvgIpc) is 2.91. The van der Waals surface area contributed by atoms with Crippen LogP contribution < -0.4 is 5.32 Å². The minimum Gasteiger partial charge on any atom is -0.465 e. The molecule has 0 aliphatic heterocycles. The van der Waals surface area contributed by atoms with E-state index in [1.807, 2.05) is 13.8 Å². The summed E-state index contributed by atoms with van der Waals surface area (Å²) in [6.45, 7) is 4.11. The van der Waals surface area contributed by atoms with E-state index in [1.54, 1.807) is 31.3 Å². The number of carbonyl (C=O) groups excluding carboxylic acids is 1. The molecule has 1 heterocycles. The number of nitrogens with zero attached hydrogens (tertiary/aromatic N) is 1. The number of esters is 1. The van der Waals surface area contributed by atoms with Crippen LogP contribution in [0.2, 0.25) is 0 Å². The molecule has 1 rings (SSSR count). The van der Waals surface area contributed by atoms with Crippen molar-refractivity contribution in [2.75, 3.05) is 19.4 Å². The molecule has 0 fully saturated rings. The summed E-state index contributed by atoms with van der Waals surface area (Å²) in [6.07, 6.45) is 5.92. The largest absolute Gasteiger partial charge is 0.465 e. The van der Waals surface area contributed by atoms with Crippen LogP contribution in [0.4, 0.5) is 0 Å². The van der Waals surface area contributed by atoms with Gasteiger partial charge in [-0.3, -0.25) is 4.79 Å². The smallest absolute Gasteiger partial charge is 0.326 e. The van der Waals surface area contributed by atoms with Crippen molar-refractivity contribution in [3.8, 4) is 0 Å². The number of hydrogen-bond acceptors (Lipinski definition) is 6. The molecule has 0 radical (unpaired) electrons. The Morgan fingerprint density at radius 2 is 2.37 bits per heavy atom. The monoisotopic (exact) mass is 286 g/mol. The van der Waals surface area contributed by atoms with Gasteiger partial charge in [0.2, 0.25) is 0 Å². The molecule has 0 aliphatic carbocycles. The van der Waals surface area contributed by atoms with Gasteiger partial charge in [0.05, 0.1) is 12.8 Å². The fraction of sp³-hybridized carbons (Fsp3) is 0.692. The van der Waals surface area contributed by atoms with Crippen molar-refractivity contribution in [2.45, 2.75) is 43.9 Å². The summed E-state index contributed by atoms with van der Waals surface area (Å²) >= 11 is 1.59. The fourth-order valence-electron chi connectivity index (χ4n) is 1.64. The van der Waals surface area contributed by atoms with E-state index in [2.05, 4.69) is 10.3 Å². The maximum Gasteiger partial charge on any atom is 0.326 e. The molecular weight excluding hydrogens is 264 g/mol. The van der Waals surface area contributed by atoms with Gasteiger partial charge >= 0.3 is 5.97 Å². The normalized spacial score (nSPS) is 14.1.